The first kappa shape index (κ1) is 37.6. The van der Waals surface area contributed by atoms with Crippen LogP contribution in [0.2, 0.25) is 0 Å². The molecule has 276 valence electrons. The molecule has 3 heterocycles. The highest BCUT2D eigenvalue weighted by molar-refractivity contribution is 6.12. The van der Waals surface area contributed by atoms with Gasteiger partial charge in [0.2, 0.25) is 0 Å². The lowest BCUT2D eigenvalue weighted by Crippen LogP contribution is -2.43. The zero-order valence-corrected chi connectivity index (χ0v) is 31.0. The Bertz CT molecular complexity index is 1770. The van der Waals surface area contributed by atoms with Crippen molar-refractivity contribution in [3.63, 3.8) is 0 Å². The lowest BCUT2D eigenvalue weighted by atomic mass is 10.0. The number of methoxy groups -OCH3 is 1. The van der Waals surface area contributed by atoms with Crippen molar-refractivity contribution in [1.82, 2.24) is 20.2 Å². The second-order valence-corrected chi connectivity index (χ2v) is 14.4. The molecule has 2 amide bonds. The number of ether oxygens (including phenoxy) is 3. The number of fused-ring (bicyclic) bond motifs is 1. The third-order valence-electron chi connectivity index (χ3n) is 9.14. The molecular formula is C38H51FN6O6. The monoisotopic (exact) mass is 706 g/mol. The molecular weight excluding hydrogens is 655 g/mol. The third kappa shape index (κ3) is 8.98. The highest BCUT2D eigenvalue weighted by Gasteiger charge is 2.35. The molecule has 2 fully saturated rings. The first-order valence-electron chi connectivity index (χ1n) is 17.8. The number of aryl methyl sites for hydroxylation is 1. The number of hydrogen-bond acceptors (Lipinski definition) is 10. The molecule has 1 saturated heterocycles. The van der Waals surface area contributed by atoms with Crippen LogP contribution in [-0.4, -0.2) is 84.4 Å². The number of nitrogens with zero attached hydrogens (tertiary/aromatic N) is 4. The first-order valence-corrected chi connectivity index (χ1v) is 17.8. The number of benzene rings is 1. The number of halogens is 1. The molecule has 0 radical (unpaired) electrons. The number of carbonyl (C=O) groups is 3. The number of nitrogens with one attached hydrogen (secondary N) is 2. The summed E-state index contributed by atoms with van der Waals surface area (Å²) >= 11 is 0. The van der Waals surface area contributed by atoms with Gasteiger partial charge in [-0.2, -0.15) is 0 Å². The average molecular weight is 707 g/mol. The number of pyridine rings is 2. The molecule has 1 aromatic carbocycles. The predicted molar refractivity (Wildman–Crippen MR) is 194 cm³/mol. The molecule has 0 unspecified atom stereocenters. The summed E-state index contributed by atoms with van der Waals surface area (Å²) in [5.41, 5.74) is 3.38. The number of hydrogen-bond donors (Lipinski definition) is 2. The molecule has 0 bridgehead atoms. The van der Waals surface area contributed by atoms with Crippen molar-refractivity contribution in [2.75, 3.05) is 50.1 Å². The van der Waals surface area contributed by atoms with E-state index in [1.54, 1.807) is 24.0 Å². The molecule has 1 saturated carbocycles. The molecule has 12 nitrogen and oxygen atoms in total. The van der Waals surface area contributed by atoms with E-state index < -0.39 is 23.4 Å². The van der Waals surface area contributed by atoms with Crippen LogP contribution in [0.4, 0.5) is 20.7 Å². The van der Waals surface area contributed by atoms with Crippen molar-refractivity contribution in [3.05, 3.63) is 52.6 Å². The number of aromatic nitrogens is 2. The maximum atomic E-state index is 14.7. The van der Waals surface area contributed by atoms with Gasteiger partial charge >= 0.3 is 12.1 Å². The smallest absolute Gasteiger partial charge is 0.410 e. The number of amides is 2. The zero-order valence-electron chi connectivity index (χ0n) is 31.0. The number of esters is 1. The van der Waals surface area contributed by atoms with Crippen molar-refractivity contribution in [3.8, 4) is 5.75 Å². The molecule has 2 aromatic heterocycles. The Morgan fingerprint density at radius 2 is 1.82 bits per heavy atom. The van der Waals surface area contributed by atoms with Crippen LogP contribution in [0.3, 0.4) is 0 Å². The van der Waals surface area contributed by atoms with Crippen LogP contribution in [0.25, 0.3) is 10.9 Å². The highest BCUT2D eigenvalue weighted by Crippen LogP contribution is 2.45. The van der Waals surface area contributed by atoms with E-state index in [4.69, 9.17) is 24.2 Å². The summed E-state index contributed by atoms with van der Waals surface area (Å²) < 4.78 is 30.4. The van der Waals surface area contributed by atoms with Gasteiger partial charge < -0.3 is 34.6 Å². The maximum Gasteiger partial charge on any atom is 0.410 e. The van der Waals surface area contributed by atoms with E-state index >= 15 is 0 Å². The lowest BCUT2D eigenvalue weighted by molar-refractivity contribution is -0.142. The SMILES string of the molecule is CCOC(=O)CCNc1nc2c(C3CC3)nc(C)cc2c(N2CC[C@H](C)N(C(=O)OC(C)(C)C)CC2)c1C(=O)N[C@@H](C)c1ccc(F)c(OC)c1. The zero-order chi connectivity index (χ0) is 37.0. The molecule has 1 aliphatic carbocycles. The molecule has 1 aliphatic heterocycles. The fraction of sp³-hybridized carbons (Fsp3) is 0.553. The van der Waals surface area contributed by atoms with Gasteiger partial charge in [0.25, 0.3) is 5.91 Å². The maximum absolute atomic E-state index is 14.7. The van der Waals surface area contributed by atoms with Crippen molar-refractivity contribution < 1.29 is 33.0 Å². The Morgan fingerprint density at radius 1 is 1.08 bits per heavy atom. The van der Waals surface area contributed by atoms with E-state index in [2.05, 4.69) is 15.5 Å². The number of rotatable bonds is 11. The van der Waals surface area contributed by atoms with E-state index in [9.17, 15) is 18.8 Å². The number of anilines is 2. The Labute approximate surface area is 299 Å². The van der Waals surface area contributed by atoms with Crippen LogP contribution in [-0.2, 0) is 14.3 Å². The van der Waals surface area contributed by atoms with Crippen LogP contribution >= 0.6 is 0 Å². The summed E-state index contributed by atoms with van der Waals surface area (Å²) in [7, 11) is 1.39. The Morgan fingerprint density at radius 3 is 2.49 bits per heavy atom. The van der Waals surface area contributed by atoms with E-state index in [1.807, 2.05) is 47.6 Å². The minimum atomic E-state index is -0.644. The quantitative estimate of drug-likeness (QED) is 0.209. The second-order valence-electron chi connectivity index (χ2n) is 14.4. The van der Waals surface area contributed by atoms with Gasteiger partial charge in [-0.3, -0.25) is 14.6 Å². The van der Waals surface area contributed by atoms with Crippen LogP contribution in [0, 0.1) is 12.7 Å². The van der Waals surface area contributed by atoms with Crippen molar-refractivity contribution in [2.24, 2.45) is 0 Å². The Hall–Kier alpha value is -4.68. The van der Waals surface area contributed by atoms with Gasteiger partial charge in [-0.25, -0.2) is 14.2 Å². The van der Waals surface area contributed by atoms with Crippen molar-refractivity contribution in [1.29, 1.82) is 0 Å². The highest BCUT2D eigenvalue weighted by atomic mass is 19.1. The molecule has 51 heavy (non-hydrogen) atoms. The summed E-state index contributed by atoms with van der Waals surface area (Å²) in [6, 6.07) is 5.81. The second kappa shape index (κ2) is 15.7. The molecule has 5 rings (SSSR count). The van der Waals surface area contributed by atoms with Gasteiger partial charge in [0.15, 0.2) is 11.6 Å². The van der Waals surface area contributed by atoms with E-state index in [0.29, 0.717) is 54.2 Å². The minimum absolute atomic E-state index is 0.0729. The molecule has 0 spiro atoms. The fourth-order valence-corrected chi connectivity index (χ4v) is 6.40. The van der Waals surface area contributed by atoms with Gasteiger partial charge in [0.1, 0.15) is 17.0 Å². The van der Waals surface area contributed by atoms with Crippen molar-refractivity contribution >= 4 is 40.4 Å². The van der Waals surface area contributed by atoms with Gasteiger partial charge in [0, 0.05) is 49.2 Å². The van der Waals surface area contributed by atoms with E-state index in [0.717, 1.165) is 29.6 Å². The third-order valence-corrected chi connectivity index (χ3v) is 9.14. The number of carbonyl (C=O) groups excluding carboxylic acids is 3. The topological polar surface area (TPSA) is 135 Å². The summed E-state index contributed by atoms with van der Waals surface area (Å²) in [6.07, 6.45) is 2.32. The molecule has 13 heteroatoms. The fourth-order valence-electron chi connectivity index (χ4n) is 6.40. The normalized spacial score (nSPS) is 17.1. The molecule has 2 aliphatic rings. The van der Waals surface area contributed by atoms with Gasteiger partial charge in [-0.15, -0.1) is 0 Å². The summed E-state index contributed by atoms with van der Waals surface area (Å²) in [5, 5.41) is 7.20. The molecule has 2 N–H and O–H groups in total. The average Bonchev–Trinajstić information content (AvgIpc) is 3.92. The molecule has 2 atom stereocenters. The minimum Gasteiger partial charge on any atom is -0.494 e. The van der Waals surface area contributed by atoms with Gasteiger partial charge in [-0.1, -0.05) is 6.07 Å². The van der Waals surface area contributed by atoms with Crippen LogP contribution in [0.5, 0.6) is 5.75 Å². The van der Waals surface area contributed by atoms with Gasteiger partial charge in [-0.05, 0) is 91.5 Å². The summed E-state index contributed by atoms with van der Waals surface area (Å²) in [5.74, 6) is -0.614. The van der Waals surface area contributed by atoms with Crippen LogP contribution in [0.15, 0.2) is 24.3 Å². The Balaban J connectivity index is 1.63. The lowest BCUT2D eigenvalue weighted by Gasteiger charge is -2.30. The first-order chi connectivity index (χ1) is 24.2. The standard InChI is InChI=1S/C38H51FN6O6/c1-9-50-30(46)14-16-40-35-31(36(47)42-24(4)26-12-13-28(39)29(21-26)49-8)34(27-20-22(2)41-32(25-10-11-25)33(27)43-35)44-17-15-23(3)45(19-18-44)37(48)51-38(5,6)7/h12-13,20-21,23-25H,9-11,14-19H2,1-8H3,(H,40,43)(H,42,47)/t23-,24-/m0/s1. The Kier molecular flexibility index (Phi) is 11.6. The predicted octanol–water partition coefficient (Wildman–Crippen LogP) is 6.66. The van der Waals surface area contributed by atoms with E-state index in [1.165, 1.54) is 13.2 Å². The van der Waals surface area contributed by atoms with Crippen LogP contribution < -0.4 is 20.3 Å². The summed E-state index contributed by atoms with van der Waals surface area (Å²) in [6.45, 7) is 14.9. The largest absolute Gasteiger partial charge is 0.494 e. The molecule has 3 aromatic rings. The van der Waals surface area contributed by atoms with E-state index in [-0.39, 0.29) is 49.3 Å². The van der Waals surface area contributed by atoms with Crippen LogP contribution in [0.1, 0.15) is 106 Å². The van der Waals surface area contributed by atoms with Gasteiger partial charge in [0.05, 0.1) is 43.1 Å². The summed E-state index contributed by atoms with van der Waals surface area (Å²) in [4.78, 5) is 54.2. The van der Waals surface area contributed by atoms with Crippen molar-refractivity contribution in [2.45, 2.75) is 97.8 Å².